The molecule has 23 heavy (non-hydrogen) atoms. The average Bonchev–Trinajstić information content (AvgIpc) is 2.36. The lowest BCUT2D eigenvalue weighted by Crippen LogP contribution is -2.38. The molecule has 5 nitrogen and oxygen atoms in total. The maximum Gasteiger partial charge on any atom is 0.319 e. The first-order valence-corrected chi connectivity index (χ1v) is 7.99. The van der Waals surface area contributed by atoms with E-state index in [1.807, 2.05) is 58.9 Å². The van der Waals surface area contributed by atoms with E-state index in [2.05, 4.69) is 10.6 Å². The number of para-hydroxylation sites is 2. The fraction of sp³-hybridized carbons (Fsp3) is 0.611. The fourth-order valence-electron chi connectivity index (χ4n) is 2.35. The summed E-state index contributed by atoms with van der Waals surface area (Å²) >= 11 is 0. The Morgan fingerprint density at radius 2 is 1.83 bits per heavy atom. The summed E-state index contributed by atoms with van der Waals surface area (Å²) in [5, 5.41) is 15.2. The molecule has 2 amide bonds. The Balaban J connectivity index is 2.65. The van der Waals surface area contributed by atoms with Crippen LogP contribution in [-0.2, 0) is 0 Å². The van der Waals surface area contributed by atoms with Gasteiger partial charge < -0.3 is 20.5 Å². The maximum atomic E-state index is 12.1. The van der Waals surface area contributed by atoms with E-state index in [0.29, 0.717) is 24.4 Å². The van der Waals surface area contributed by atoms with Gasteiger partial charge in [0.2, 0.25) is 0 Å². The van der Waals surface area contributed by atoms with Gasteiger partial charge in [-0.1, -0.05) is 26.0 Å². The Kier molecular flexibility index (Phi) is 6.45. The number of anilines is 1. The van der Waals surface area contributed by atoms with Gasteiger partial charge in [-0.25, -0.2) is 4.79 Å². The molecular weight excluding hydrogens is 292 g/mol. The summed E-state index contributed by atoms with van der Waals surface area (Å²) in [7, 11) is 0. The topological polar surface area (TPSA) is 70.6 Å². The molecule has 0 fully saturated rings. The van der Waals surface area contributed by atoms with Crippen LogP contribution in [0.3, 0.4) is 0 Å². The molecule has 0 radical (unpaired) electrons. The summed E-state index contributed by atoms with van der Waals surface area (Å²) in [6, 6.07) is 7.08. The molecule has 1 aromatic carbocycles. The number of hydrogen-bond donors (Lipinski definition) is 3. The first-order chi connectivity index (χ1) is 10.5. The van der Waals surface area contributed by atoms with Gasteiger partial charge in [0.1, 0.15) is 11.4 Å². The Hall–Kier alpha value is -1.75. The van der Waals surface area contributed by atoms with Gasteiger partial charge in [-0.3, -0.25) is 0 Å². The van der Waals surface area contributed by atoms with Gasteiger partial charge in [0.25, 0.3) is 0 Å². The normalized spacial score (nSPS) is 13.3. The Morgan fingerprint density at radius 3 is 2.39 bits per heavy atom. The molecule has 1 atom stereocenters. The number of rotatable bonds is 6. The highest BCUT2D eigenvalue weighted by Crippen LogP contribution is 2.27. The molecule has 1 rings (SSSR count). The second-order valence-electron chi connectivity index (χ2n) is 7.74. The van der Waals surface area contributed by atoms with E-state index in [1.165, 1.54) is 0 Å². The molecule has 0 aliphatic heterocycles. The summed E-state index contributed by atoms with van der Waals surface area (Å²) < 4.78 is 5.86. The molecule has 0 bridgehead atoms. The van der Waals surface area contributed by atoms with E-state index in [-0.39, 0.29) is 17.0 Å². The van der Waals surface area contributed by atoms with Crippen molar-refractivity contribution in [1.29, 1.82) is 0 Å². The Labute approximate surface area is 139 Å². The molecule has 5 heteroatoms. The number of benzene rings is 1. The van der Waals surface area contributed by atoms with Crippen LogP contribution in [0.5, 0.6) is 5.75 Å². The minimum atomic E-state index is -0.393. The predicted octanol–water partition coefficient (Wildman–Crippen LogP) is 3.78. The highest BCUT2D eigenvalue weighted by Gasteiger charge is 2.21. The third-order valence-electron chi connectivity index (χ3n) is 3.13. The maximum absolute atomic E-state index is 12.1. The largest absolute Gasteiger partial charge is 0.486 e. The van der Waals surface area contributed by atoms with Gasteiger partial charge in [-0.2, -0.15) is 0 Å². The van der Waals surface area contributed by atoms with E-state index >= 15 is 0 Å². The van der Waals surface area contributed by atoms with Crippen molar-refractivity contribution in [2.75, 3.05) is 11.9 Å². The number of carbonyl (C=O) groups is 1. The van der Waals surface area contributed by atoms with Crippen LogP contribution >= 0.6 is 0 Å². The van der Waals surface area contributed by atoms with Gasteiger partial charge in [0, 0.05) is 6.54 Å². The highest BCUT2D eigenvalue weighted by atomic mass is 16.5. The van der Waals surface area contributed by atoms with Crippen molar-refractivity contribution in [1.82, 2.24) is 5.32 Å². The van der Waals surface area contributed by atoms with Crippen LogP contribution in [0.1, 0.15) is 48.0 Å². The zero-order valence-electron chi connectivity index (χ0n) is 15.1. The molecule has 1 aromatic rings. The monoisotopic (exact) mass is 322 g/mol. The van der Waals surface area contributed by atoms with Crippen LogP contribution in [0.4, 0.5) is 10.5 Å². The van der Waals surface area contributed by atoms with Crippen molar-refractivity contribution in [2.24, 2.45) is 5.41 Å². The summed E-state index contributed by atoms with van der Waals surface area (Å²) in [4.78, 5) is 12.1. The Bertz CT molecular complexity index is 519. The van der Waals surface area contributed by atoms with Crippen LogP contribution in [0.2, 0.25) is 0 Å². The van der Waals surface area contributed by atoms with Crippen molar-refractivity contribution < 1.29 is 14.6 Å². The second-order valence-corrected chi connectivity index (χ2v) is 7.74. The first-order valence-electron chi connectivity index (χ1n) is 7.99. The molecule has 0 heterocycles. The molecule has 0 saturated heterocycles. The van der Waals surface area contributed by atoms with Crippen molar-refractivity contribution in [3.63, 3.8) is 0 Å². The van der Waals surface area contributed by atoms with Crippen molar-refractivity contribution >= 4 is 11.7 Å². The minimum absolute atomic E-state index is 0.174. The molecule has 1 unspecified atom stereocenters. The standard InChI is InChI=1S/C18H30N2O3/c1-13(21)11-18(5,6)12-19-16(22)20-14-9-7-8-10-15(14)23-17(2,3)4/h7-10,13,21H,11-12H2,1-6H3,(H2,19,20,22). The lowest BCUT2D eigenvalue weighted by molar-refractivity contribution is 0.129. The van der Waals surface area contributed by atoms with Crippen molar-refractivity contribution in [3.05, 3.63) is 24.3 Å². The average molecular weight is 322 g/mol. The number of urea groups is 1. The summed E-state index contributed by atoms with van der Waals surface area (Å²) in [5.41, 5.74) is 0.119. The van der Waals surface area contributed by atoms with Crippen LogP contribution in [0.15, 0.2) is 24.3 Å². The van der Waals surface area contributed by atoms with E-state index in [9.17, 15) is 9.90 Å². The van der Waals surface area contributed by atoms with Crippen LogP contribution < -0.4 is 15.4 Å². The summed E-state index contributed by atoms with van der Waals surface area (Å²) in [6.07, 6.45) is 0.229. The third kappa shape index (κ3) is 7.88. The zero-order valence-corrected chi connectivity index (χ0v) is 15.1. The van der Waals surface area contributed by atoms with Gasteiger partial charge in [-0.05, 0) is 51.7 Å². The smallest absolute Gasteiger partial charge is 0.319 e. The number of aliphatic hydroxyl groups is 1. The molecule has 0 aliphatic rings. The van der Waals surface area contributed by atoms with Gasteiger partial charge >= 0.3 is 6.03 Å². The van der Waals surface area contributed by atoms with Gasteiger partial charge in [0.05, 0.1) is 11.8 Å². The lowest BCUT2D eigenvalue weighted by atomic mass is 9.87. The van der Waals surface area contributed by atoms with E-state index < -0.39 is 6.10 Å². The number of ether oxygens (including phenoxy) is 1. The minimum Gasteiger partial charge on any atom is -0.486 e. The molecule has 0 saturated carbocycles. The van der Waals surface area contributed by atoms with Crippen LogP contribution in [0, 0.1) is 5.41 Å². The molecule has 0 spiro atoms. The summed E-state index contributed by atoms with van der Waals surface area (Å²) in [6.45, 7) is 12.1. The Morgan fingerprint density at radius 1 is 1.22 bits per heavy atom. The van der Waals surface area contributed by atoms with Gasteiger partial charge in [0.15, 0.2) is 0 Å². The quantitative estimate of drug-likeness (QED) is 0.746. The van der Waals surface area contributed by atoms with Crippen LogP contribution in [0.25, 0.3) is 0 Å². The molecule has 3 N–H and O–H groups in total. The fourth-order valence-corrected chi connectivity index (χ4v) is 2.35. The molecule has 0 aliphatic carbocycles. The van der Waals surface area contributed by atoms with Gasteiger partial charge in [-0.15, -0.1) is 0 Å². The number of hydrogen-bond acceptors (Lipinski definition) is 3. The second kappa shape index (κ2) is 7.68. The van der Waals surface area contributed by atoms with Crippen LogP contribution in [-0.4, -0.2) is 29.4 Å². The zero-order chi connectivity index (χ0) is 17.7. The van der Waals surface area contributed by atoms with E-state index in [0.717, 1.165) is 0 Å². The first kappa shape index (κ1) is 19.3. The molecular formula is C18H30N2O3. The number of amides is 2. The van der Waals surface area contributed by atoms with E-state index in [4.69, 9.17) is 4.74 Å². The molecule has 130 valence electrons. The van der Waals surface area contributed by atoms with Crippen molar-refractivity contribution in [2.45, 2.75) is 59.7 Å². The number of aliphatic hydroxyl groups excluding tert-OH is 1. The highest BCUT2D eigenvalue weighted by molar-refractivity contribution is 5.90. The predicted molar refractivity (Wildman–Crippen MR) is 93.9 cm³/mol. The third-order valence-corrected chi connectivity index (χ3v) is 3.13. The number of carbonyl (C=O) groups excluding carboxylic acids is 1. The lowest BCUT2D eigenvalue weighted by Gasteiger charge is -2.27. The SMILES string of the molecule is CC(O)CC(C)(C)CNC(=O)Nc1ccccc1OC(C)(C)C. The summed E-state index contributed by atoms with van der Waals surface area (Å²) in [5.74, 6) is 0.637. The number of nitrogens with one attached hydrogen (secondary N) is 2. The van der Waals surface area contributed by atoms with E-state index in [1.54, 1.807) is 6.92 Å². The van der Waals surface area contributed by atoms with Crippen molar-refractivity contribution in [3.8, 4) is 5.75 Å². The molecule has 0 aromatic heterocycles.